The molecule has 0 radical (unpaired) electrons. The molecule has 1 saturated carbocycles. The van der Waals surface area contributed by atoms with Crippen molar-refractivity contribution < 1.29 is 14.3 Å². The molecule has 3 N–H and O–H groups in total. The van der Waals surface area contributed by atoms with Gasteiger partial charge >= 0.3 is 0 Å². The molecule has 0 aromatic heterocycles. The number of nitrogen functional groups attached to an aromatic ring is 1. The van der Waals surface area contributed by atoms with Gasteiger partial charge in [-0.3, -0.25) is 4.79 Å². The molecule has 6 heteroatoms. The zero-order valence-electron chi connectivity index (χ0n) is 11.1. The number of nitrogens with zero attached hydrogens (tertiary/aromatic N) is 1. The van der Waals surface area contributed by atoms with Crippen molar-refractivity contribution in [2.75, 3.05) is 18.9 Å². The fraction of sp³-hybridized carbons (Fsp3) is 0.500. The Labute approximate surface area is 125 Å². The van der Waals surface area contributed by atoms with Crippen LogP contribution in [0.4, 0.5) is 10.1 Å². The average molecular weight is 345 g/mol. The number of rotatable bonds is 5. The summed E-state index contributed by atoms with van der Waals surface area (Å²) in [5.74, 6) is -0.708. The first-order chi connectivity index (χ1) is 9.54. The molecule has 0 unspecified atom stereocenters. The normalized spacial score (nSPS) is 14.9. The molecule has 110 valence electrons. The van der Waals surface area contributed by atoms with Gasteiger partial charge < -0.3 is 15.7 Å². The number of amides is 1. The van der Waals surface area contributed by atoms with Crippen LogP contribution in [-0.2, 0) is 0 Å². The molecule has 4 nitrogen and oxygen atoms in total. The number of nitrogens with two attached hydrogens (primary N) is 1. The van der Waals surface area contributed by atoms with Crippen LogP contribution >= 0.6 is 15.9 Å². The number of carbonyl (C=O) groups excluding carboxylic acids is 1. The highest BCUT2D eigenvalue weighted by atomic mass is 79.9. The second-order valence-electron chi connectivity index (χ2n) is 5.01. The van der Waals surface area contributed by atoms with Gasteiger partial charge in [0.25, 0.3) is 5.91 Å². The van der Waals surface area contributed by atoms with Crippen LogP contribution in [0.25, 0.3) is 0 Å². The summed E-state index contributed by atoms with van der Waals surface area (Å²) in [6.45, 7) is 0.549. The zero-order valence-corrected chi connectivity index (χ0v) is 12.7. The molecule has 0 saturated heterocycles. The highest BCUT2D eigenvalue weighted by Crippen LogP contribution is 2.29. The van der Waals surface area contributed by atoms with Crippen molar-refractivity contribution in [3.05, 3.63) is 28.0 Å². The molecule has 20 heavy (non-hydrogen) atoms. The molecule has 0 aliphatic heterocycles. The Hall–Kier alpha value is -1.14. The molecule has 1 aromatic rings. The van der Waals surface area contributed by atoms with Crippen molar-refractivity contribution in [1.29, 1.82) is 0 Å². The molecule has 0 spiro atoms. The molecule has 1 fully saturated rings. The minimum absolute atomic E-state index is 0.0349. The van der Waals surface area contributed by atoms with Crippen LogP contribution in [-0.4, -0.2) is 35.1 Å². The molecular weight excluding hydrogens is 327 g/mol. The van der Waals surface area contributed by atoms with Crippen molar-refractivity contribution in [2.45, 2.75) is 31.7 Å². The van der Waals surface area contributed by atoms with Crippen LogP contribution in [0.1, 0.15) is 36.0 Å². The number of anilines is 1. The van der Waals surface area contributed by atoms with Crippen LogP contribution in [0.15, 0.2) is 16.6 Å². The highest BCUT2D eigenvalue weighted by molar-refractivity contribution is 9.10. The maximum Gasteiger partial charge on any atom is 0.255 e. The van der Waals surface area contributed by atoms with Gasteiger partial charge in [0, 0.05) is 23.7 Å². The van der Waals surface area contributed by atoms with E-state index in [1.54, 1.807) is 4.90 Å². The third-order valence-electron chi connectivity index (χ3n) is 3.65. The van der Waals surface area contributed by atoms with Gasteiger partial charge in [-0.2, -0.15) is 0 Å². The number of carbonyl (C=O) groups is 1. The Bertz CT molecular complexity index is 506. The Morgan fingerprint density at radius 2 is 2.20 bits per heavy atom. The third-order valence-corrected chi connectivity index (χ3v) is 4.31. The van der Waals surface area contributed by atoms with E-state index in [4.69, 9.17) is 10.8 Å². The Kier molecular flexibility index (Phi) is 4.99. The van der Waals surface area contributed by atoms with Gasteiger partial charge in [-0.25, -0.2) is 4.39 Å². The van der Waals surface area contributed by atoms with Gasteiger partial charge in [0.05, 0.1) is 11.3 Å². The zero-order chi connectivity index (χ0) is 14.7. The Morgan fingerprint density at radius 3 is 2.75 bits per heavy atom. The predicted octanol–water partition coefficient (Wildman–Crippen LogP) is 2.55. The molecule has 0 heterocycles. The van der Waals surface area contributed by atoms with E-state index in [1.165, 1.54) is 12.1 Å². The van der Waals surface area contributed by atoms with Crippen LogP contribution < -0.4 is 5.73 Å². The summed E-state index contributed by atoms with van der Waals surface area (Å²) in [5.41, 5.74) is 5.88. The second kappa shape index (κ2) is 6.54. The minimum Gasteiger partial charge on any atom is -0.396 e. The standard InChI is InChI=1S/C14H18BrFN2O2/c15-11-8-12(16)13(17)7-10(11)14(20)18(5-2-6-19)9-3-1-4-9/h7-9,19H,1-6,17H2. The average Bonchev–Trinajstić information content (AvgIpc) is 2.35. The quantitative estimate of drug-likeness (QED) is 0.806. The van der Waals surface area contributed by atoms with Crippen LogP contribution in [0, 0.1) is 5.82 Å². The summed E-state index contributed by atoms with van der Waals surface area (Å²) in [6, 6.07) is 2.80. The number of aliphatic hydroxyl groups excluding tert-OH is 1. The van der Waals surface area contributed by atoms with Gasteiger partial charge in [-0.1, -0.05) is 0 Å². The van der Waals surface area contributed by atoms with E-state index >= 15 is 0 Å². The van der Waals surface area contributed by atoms with Gasteiger partial charge in [-0.05, 0) is 53.7 Å². The molecule has 1 aliphatic carbocycles. The maximum absolute atomic E-state index is 13.3. The van der Waals surface area contributed by atoms with Crippen molar-refractivity contribution in [3.8, 4) is 0 Å². The molecule has 1 aromatic carbocycles. The third kappa shape index (κ3) is 3.12. The smallest absolute Gasteiger partial charge is 0.255 e. The van der Waals surface area contributed by atoms with Crippen molar-refractivity contribution in [2.24, 2.45) is 0 Å². The van der Waals surface area contributed by atoms with Crippen LogP contribution in [0.5, 0.6) is 0 Å². The number of aliphatic hydroxyl groups is 1. The lowest BCUT2D eigenvalue weighted by molar-refractivity contribution is 0.0561. The molecule has 0 bridgehead atoms. The van der Waals surface area contributed by atoms with E-state index in [0.29, 0.717) is 23.0 Å². The van der Waals surface area contributed by atoms with Crippen LogP contribution in [0.3, 0.4) is 0 Å². The molecular formula is C14H18BrFN2O2. The molecule has 2 rings (SSSR count). The van der Waals surface area contributed by atoms with E-state index in [2.05, 4.69) is 15.9 Å². The first-order valence-corrected chi connectivity index (χ1v) is 7.50. The van der Waals surface area contributed by atoms with E-state index in [9.17, 15) is 9.18 Å². The topological polar surface area (TPSA) is 66.6 Å². The van der Waals surface area contributed by atoms with Gasteiger partial charge in [0.2, 0.25) is 0 Å². The summed E-state index contributed by atoms with van der Waals surface area (Å²) in [5, 5.41) is 8.96. The number of halogens is 2. The lowest BCUT2D eigenvalue weighted by atomic mass is 9.90. The van der Waals surface area contributed by atoms with Gasteiger partial charge in [0.1, 0.15) is 5.82 Å². The fourth-order valence-corrected chi connectivity index (χ4v) is 2.76. The minimum atomic E-state index is -0.543. The summed E-state index contributed by atoms with van der Waals surface area (Å²) >= 11 is 3.21. The lowest BCUT2D eigenvalue weighted by Gasteiger charge is -2.37. The van der Waals surface area contributed by atoms with Crippen molar-refractivity contribution >= 4 is 27.5 Å². The Balaban J connectivity index is 2.24. The SMILES string of the molecule is Nc1cc(C(=O)N(CCCO)C2CCC2)c(Br)cc1F. The van der Waals surface area contributed by atoms with E-state index < -0.39 is 5.82 Å². The molecule has 0 atom stereocenters. The monoisotopic (exact) mass is 344 g/mol. The highest BCUT2D eigenvalue weighted by Gasteiger charge is 2.30. The van der Waals surface area contributed by atoms with Crippen LogP contribution in [0.2, 0.25) is 0 Å². The second-order valence-corrected chi connectivity index (χ2v) is 5.87. The fourth-order valence-electron chi connectivity index (χ4n) is 2.27. The number of hydrogen-bond donors (Lipinski definition) is 2. The van der Waals surface area contributed by atoms with E-state index in [-0.39, 0.29) is 24.2 Å². The molecule has 1 amide bonds. The van der Waals surface area contributed by atoms with Crippen molar-refractivity contribution in [1.82, 2.24) is 4.90 Å². The number of benzene rings is 1. The van der Waals surface area contributed by atoms with E-state index in [1.807, 2.05) is 0 Å². The molecule has 1 aliphatic rings. The summed E-state index contributed by atoms with van der Waals surface area (Å²) < 4.78 is 13.8. The summed E-state index contributed by atoms with van der Waals surface area (Å²) in [4.78, 5) is 14.4. The lowest BCUT2D eigenvalue weighted by Crippen LogP contribution is -2.45. The summed E-state index contributed by atoms with van der Waals surface area (Å²) in [7, 11) is 0. The predicted molar refractivity (Wildman–Crippen MR) is 78.9 cm³/mol. The largest absolute Gasteiger partial charge is 0.396 e. The maximum atomic E-state index is 13.3. The van der Waals surface area contributed by atoms with E-state index in [0.717, 1.165) is 19.3 Å². The Morgan fingerprint density at radius 1 is 1.50 bits per heavy atom. The van der Waals surface area contributed by atoms with Gasteiger partial charge in [-0.15, -0.1) is 0 Å². The van der Waals surface area contributed by atoms with Crippen molar-refractivity contribution in [3.63, 3.8) is 0 Å². The first kappa shape index (κ1) is 15.3. The summed E-state index contributed by atoms with van der Waals surface area (Å²) in [6.07, 6.45) is 3.60. The number of hydrogen-bond acceptors (Lipinski definition) is 3. The first-order valence-electron chi connectivity index (χ1n) is 6.71. The van der Waals surface area contributed by atoms with Gasteiger partial charge in [0.15, 0.2) is 0 Å².